The Morgan fingerprint density at radius 3 is 2.65 bits per heavy atom. The third-order valence-electron chi connectivity index (χ3n) is 2.74. The molecule has 1 rings (SSSR count). The summed E-state index contributed by atoms with van der Waals surface area (Å²) in [7, 11) is 0.411. The average molecular weight is 292 g/mol. The van der Waals surface area contributed by atoms with Crippen molar-refractivity contribution in [2.24, 2.45) is 0 Å². The first-order valence-corrected chi connectivity index (χ1v) is 8.20. The molecule has 110 valence electrons. The molecule has 0 bridgehead atoms. The summed E-state index contributed by atoms with van der Waals surface area (Å²) in [6.07, 6.45) is 2.65. The molecule has 0 aliphatic carbocycles. The molecule has 0 unspecified atom stereocenters. The molecule has 0 fully saturated rings. The summed E-state index contributed by atoms with van der Waals surface area (Å²) in [5.41, 5.74) is 2.43. The van der Waals surface area contributed by atoms with Gasteiger partial charge in [0.1, 0.15) is 0 Å². The topological polar surface area (TPSA) is 27.7 Å². The lowest BCUT2D eigenvalue weighted by Gasteiger charge is -2.15. The van der Waals surface area contributed by atoms with Gasteiger partial charge in [0.05, 0.1) is 0 Å². The fourth-order valence-corrected chi connectivity index (χ4v) is 2.52. The molecule has 0 spiro atoms. The van der Waals surface area contributed by atoms with Crippen LogP contribution in [0.2, 0.25) is 6.04 Å². The van der Waals surface area contributed by atoms with Crippen molar-refractivity contribution < 1.29 is 13.9 Å². The van der Waals surface area contributed by atoms with Crippen LogP contribution in [-0.4, -0.2) is 35.9 Å². The quantitative estimate of drug-likeness (QED) is 0.356. The minimum atomic E-state index is -0.132. The van der Waals surface area contributed by atoms with Crippen molar-refractivity contribution in [2.75, 3.05) is 19.8 Å². The molecule has 20 heavy (non-hydrogen) atoms. The van der Waals surface area contributed by atoms with Gasteiger partial charge in [-0.05, 0) is 31.4 Å². The van der Waals surface area contributed by atoms with Crippen LogP contribution in [0, 0.1) is 0 Å². The van der Waals surface area contributed by atoms with Crippen molar-refractivity contribution >= 4 is 15.8 Å². The first-order chi connectivity index (χ1) is 9.80. The highest BCUT2D eigenvalue weighted by Crippen LogP contribution is 2.07. The zero-order valence-electron chi connectivity index (χ0n) is 12.4. The summed E-state index contributed by atoms with van der Waals surface area (Å²) in [5.74, 6) is 0. The van der Waals surface area contributed by atoms with E-state index in [1.807, 2.05) is 26.0 Å². The smallest absolute Gasteiger partial charge is 0.234 e. The molecule has 0 N–H and O–H groups in total. The maximum absolute atomic E-state index is 5.68. The predicted octanol–water partition coefficient (Wildman–Crippen LogP) is 3.33. The van der Waals surface area contributed by atoms with Crippen LogP contribution in [0.5, 0.6) is 0 Å². The van der Waals surface area contributed by atoms with Gasteiger partial charge in [-0.25, -0.2) is 0 Å². The van der Waals surface area contributed by atoms with Gasteiger partial charge in [0, 0.05) is 25.9 Å². The monoisotopic (exact) mass is 292 g/mol. The van der Waals surface area contributed by atoms with Gasteiger partial charge in [-0.3, -0.25) is 0 Å². The number of hydrogen-bond donors (Lipinski definition) is 0. The van der Waals surface area contributed by atoms with E-state index in [1.165, 1.54) is 5.56 Å². The van der Waals surface area contributed by atoms with Crippen molar-refractivity contribution in [1.82, 2.24) is 0 Å². The van der Waals surface area contributed by atoms with Gasteiger partial charge in [-0.1, -0.05) is 36.9 Å². The summed E-state index contributed by atoms with van der Waals surface area (Å²) < 4.78 is 16.6. The highest BCUT2D eigenvalue weighted by atomic mass is 28.2. The maximum Gasteiger partial charge on any atom is 0.234 e. The Kier molecular flexibility index (Phi) is 9.24. The molecule has 0 atom stereocenters. The highest BCUT2D eigenvalue weighted by molar-refractivity contribution is 6.27. The summed E-state index contributed by atoms with van der Waals surface area (Å²) in [6.45, 7) is 9.79. The van der Waals surface area contributed by atoms with Gasteiger partial charge in [-0.2, -0.15) is 0 Å². The molecular weight excluding hydrogens is 268 g/mol. The van der Waals surface area contributed by atoms with Crippen LogP contribution in [0.3, 0.4) is 0 Å². The Bertz CT molecular complexity index is 376. The van der Waals surface area contributed by atoms with Crippen LogP contribution in [-0.2, 0) is 20.3 Å². The van der Waals surface area contributed by atoms with E-state index in [9.17, 15) is 0 Å². The number of hydrogen-bond acceptors (Lipinski definition) is 3. The zero-order valence-corrected chi connectivity index (χ0v) is 13.4. The lowest BCUT2D eigenvalue weighted by Crippen LogP contribution is -2.20. The van der Waals surface area contributed by atoms with E-state index in [4.69, 9.17) is 13.9 Å². The van der Waals surface area contributed by atoms with Crippen molar-refractivity contribution in [3.8, 4) is 0 Å². The standard InChI is InChI=1S/C16H24O3Si/c1-4-14-8-7-9-15(12-14)10-11-19-20-13-16(17-5-2)18-6-3/h4,7-9,12,16H,1,5-6,10-11,13H2,2-3H3. The van der Waals surface area contributed by atoms with Gasteiger partial charge in [-0.15, -0.1) is 0 Å². The van der Waals surface area contributed by atoms with Gasteiger partial charge in [0.25, 0.3) is 0 Å². The van der Waals surface area contributed by atoms with E-state index >= 15 is 0 Å². The number of benzene rings is 1. The van der Waals surface area contributed by atoms with E-state index in [0.29, 0.717) is 23.0 Å². The number of ether oxygens (including phenoxy) is 2. The third kappa shape index (κ3) is 7.00. The van der Waals surface area contributed by atoms with Crippen LogP contribution in [0.1, 0.15) is 25.0 Å². The third-order valence-corrected chi connectivity index (χ3v) is 3.64. The molecule has 0 aromatic heterocycles. The Balaban J connectivity index is 2.18. The molecule has 0 aliphatic rings. The minimum absolute atomic E-state index is 0.132. The van der Waals surface area contributed by atoms with E-state index in [-0.39, 0.29) is 6.29 Å². The maximum atomic E-state index is 5.68. The van der Waals surface area contributed by atoms with Crippen LogP contribution >= 0.6 is 0 Å². The lowest BCUT2D eigenvalue weighted by atomic mass is 10.1. The van der Waals surface area contributed by atoms with Crippen molar-refractivity contribution in [3.63, 3.8) is 0 Å². The average Bonchev–Trinajstić information content (AvgIpc) is 2.47. The lowest BCUT2D eigenvalue weighted by molar-refractivity contribution is -0.124. The fraction of sp³-hybridized carbons (Fsp3) is 0.500. The molecule has 0 aliphatic heterocycles. The van der Waals surface area contributed by atoms with Crippen molar-refractivity contribution in [3.05, 3.63) is 42.0 Å². The molecule has 3 nitrogen and oxygen atoms in total. The SMILES string of the molecule is C=Cc1cccc(CCO[Si]CC(OCC)OCC)c1. The summed E-state index contributed by atoms with van der Waals surface area (Å²) >= 11 is 0. The summed E-state index contributed by atoms with van der Waals surface area (Å²) in [5, 5.41) is 0. The van der Waals surface area contributed by atoms with E-state index in [1.54, 1.807) is 0 Å². The predicted molar refractivity (Wildman–Crippen MR) is 83.8 cm³/mol. The number of rotatable bonds is 11. The second-order valence-electron chi connectivity index (χ2n) is 4.24. The first kappa shape index (κ1) is 17.1. The summed E-state index contributed by atoms with van der Waals surface area (Å²) in [4.78, 5) is 0. The molecule has 0 amide bonds. The van der Waals surface area contributed by atoms with Crippen LogP contribution in [0.25, 0.3) is 6.08 Å². The van der Waals surface area contributed by atoms with Gasteiger partial charge in [0.15, 0.2) is 6.29 Å². The molecule has 0 heterocycles. The van der Waals surface area contributed by atoms with E-state index < -0.39 is 0 Å². The Hall–Kier alpha value is -0.943. The van der Waals surface area contributed by atoms with Crippen LogP contribution in [0.15, 0.2) is 30.8 Å². The normalized spacial score (nSPS) is 10.9. The molecule has 1 aromatic rings. The molecule has 0 saturated heterocycles. The van der Waals surface area contributed by atoms with Crippen LogP contribution < -0.4 is 0 Å². The van der Waals surface area contributed by atoms with Crippen LogP contribution in [0.4, 0.5) is 0 Å². The highest BCUT2D eigenvalue weighted by Gasteiger charge is 2.08. The Labute approximate surface area is 124 Å². The minimum Gasteiger partial charge on any atom is -0.417 e. The first-order valence-electron chi connectivity index (χ1n) is 7.09. The Morgan fingerprint density at radius 2 is 2.00 bits per heavy atom. The molecule has 2 radical (unpaired) electrons. The summed E-state index contributed by atoms with van der Waals surface area (Å²) in [6, 6.07) is 9.16. The largest absolute Gasteiger partial charge is 0.417 e. The fourth-order valence-electron chi connectivity index (χ4n) is 1.78. The van der Waals surface area contributed by atoms with Crippen molar-refractivity contribution in [1.29, 1.82) is 0 Å². The molecule has 4 heteroatoms. The Morgan fingerprint density at radius 1 is 1.25 bits per heavy atom. The van der Waals surface area contributed by atoms with Gasteiger partial charge < -0.3 is 13.9 Å². The van der Waals surface area contributed by atoms with E-state index in [2.05, 4.69) is 24.8 Å². The second kappa shape index (κ2) is 10.8. The molecule has 1 aromatic carbocycles. The second-order valence-corrected chi connectivity index (χ2v) is 5.22. The van der Waals surface area contributed by atoms with Gasteiger partial charge >= 0.3 is 0 Å². The molecular formula is C16H24O3Si. The molecule has 0 saturated carbocycles. The zero-order chi connectivity index (χ0) is 14.6. The van der Waals surface area contributed by atoms with E-state index in [0.717, 1.165) is 24.6 Å². The van der Waals surface area contributed by atoms with Gasteiger partial charge in [0.2, 0.25) is 9.76 Å². The van der Waals surface area contributed by atoms with Crippen molar-refractivity contribution in [2.45, 2.75) is 32.6 Å².